The SMILES string of the molecule is c1ccc2c(c1)CC(CNCCN1CCCCC1)CO2. The summed E-state index contributed by atoms with van der Waals surface area (Å²) in [4.78, 5) is 2.59. The standard InChI is InChI=1S/C17H26N2O/c1-4-9-19(10-5-1)11-8-18-13-15-12-16-6-2-3-7-17(16)20-14-15/h2-3,6-7,15,18H,1,4-5,8-14H2. The van der Waals surface area contributed by atoms with E-state index in [1.807, 2.05) is 0 Å². The van der Waals surface area contributed by atoms with Gasteiger partial charge in [-0.15, -0.1) is 0 Å². The van der Waals surface area contributed by atoms with Gasteiger partial charge in [-0.1, -0.05) is 24.6 Å². The second-order valence-electron chi connectivity index (χ2n) is 6.10. The van der Waals surface area contributed by atoms with E-state index >= 15 is 0 Å². The van der Waals surface area contributed by atoms with Gasteiger partial charge in [0, 0.05) is 25.6 Å². The topological polar surface area (TPSA) is 24.5 Å². The zero-order valence-electron chi connectivity index (χ0n) is 12.3. The van der Waals surface area contributed by atoms with Crippen molar-refractivity contribution in [3.8, 4) is 5.75 Å². The van der Waals surface area contributed by atoms with Crippen LogP contribution in [0.15, 0.2) is 24.3 Å². The number of fused-ring (bicyclic) bond motifs is 1. The van der Waals surface area contributed by atoms with Crippen LogP contribution in [0.2, 0.25) is 0 Å². The first kappa shape index (κ1) is 13.9. The number of rotatable bonds is 5. The number of nitrogens with one attached hydrogen (secondary N) is 1. The summed E-state index contributed by atoms with van der Waals surface area (Å²) in [6.45, 7) is 6.82. The lowest BCUT2D eigenvalue weighted by atomic mass is 9.97. The highest BCUT2D eigenvalue weighted by Gasteiger charge is 2.19. The Morgan fingerprint density at radius 2 is 2.00 bits per heavy atom. The Morgan fingerprint density at radius 1 is 1.15 bits per heavy atom. The lowest BCUT2D eigenvalue weighted by Crippen LogP contribution is -2.38. The molecule has 0 bridgehead atoms. The van der Waals surface area contributed by atoms with E-state index in [-0.39, 0.29) is 0 Å². The van der Waals surface area contributed by atoms with E-state index in [2.05, 4.69) is 34.5 Å². The molecule has 2 aliphatic heterocycles. The van der Waals surface area contributed by atoms with Gasteiger partial charge in [-0.3, -0.25) is 0 Å². The molecule has 1 unspecified atom stereocenters. The molecule has 1 atom stereocenters. The molecule has 0 spiro atoms. The van der Waals surface area contributed by atoms with Crippen LogP contribution in [0.5, 0.6) is 5.75 Å². The molecule has 0 radical (unpaired) electrons. The first-order valence-corrected chi connectivity index (χ1v) is 8.05. The fourth-order valence-corrected chi connectivity index (χ4v) is 3.25. The molecule has 1 aromatic rings. The molecule has 20 heavy (non-hydrogen) atoms. The van der Waals surface area contributed by atoms with E-state index < -0.39 is 0 Å². The minimum absolute atomic E-state index is 0.617. The van der Waals surface area contributed by atoms with Crippen LogP contribution >= 0.6 is 0 Å². The second kappa shape index (κ2) is 7.09. The Labute approximate surface area is 122 Å². The summed E-state index contributed by atoms with van der Waals surface area (Å²) in [6, 6.07) is 8.43. The number of ether oxygens (including phenoxy) is 1. The molecular weight excluding hydrogens is 248 g/mol. The predicted octanol–water partition coefficient (Wildman–Crippen LogP) is 2.31. The highest BCUT2D eigenvalue weighted by atomic mass is 16.5. The van der Waals surface area contributed by atoms with E-state index in [0.717, 1.165) is 31.9 Å². The predicted molar refractivity (Wildman–Crippen MR) is 82.3 cm³/mol. The Hall–Kier alpha value is -1.06. The van der Waals surface area contributed by atoms with E-state index in [9.17, 15) is 0 Å². The summed E-state index contributed by atoms with van der Waals surface area (Å²) in [5.41, 5.74) is 1.36. The fourth-order valence-electron chi connectivity index (χ4n) is 3.25. The van der Waals surface area contributed by atoms with E-state index in [0.29, 0.717) is 5.92 Å². The molecule has 0 saturated carbocycles. The summed E-state index contributed by atoms with van der Waals surface area (Å²) in [5, 5.41) is 3.61. The molecule has 3 nitrogen and oxygen atoms in total. The third-order valence-corrected chi connectivity index (χ3v) is 4.44. The molecule has 1 N–H and O–H groups in total. The van der Waals surface area contributed by atoms with Gasteiger partial charge in [-0.25, -0.2) is 0 Å². The van der Waals surface area contributed by atoms with Crippen LogP contribution in [-0.2, 0) is 6.42 Å². The number of likely N-dealkylation sites (tertiary alicyclic amines) is 1. The van der Waals surface area contributed by atoms with Gasteiger partial charge in [-0.2, -0.15) is 0 Å². The molecule has 0 amide bonds. The van der Waals surface area contributed by atoms with Gasteiger partial charge in [0.15, 0.2) is 0 Å². The zero-order chi connectivity index (χ0) is 13.6. The highest BCUT2D eigenvalue weighted by molar-refractivity contribution is 5.35. The zero-order valence-corrected chi connectivity index (χ0v) is 12.3. The van der Waals surface area contributed by atoms with Crippen LogP contribution in [0.1, 0.15) is 24.8 Å². The van der Waals surface area contributed by atoms with Gasteiger partial charge in [0.1, 0.15) is 5.75 Å². The van der Waals surface area contributed by atoms with Crippen molar-refractivity contribution < 1.29 is 4.74 Å². The molecule has 1 fully saturated rings. The Kier molecular flexibility index (Phi) is 4.93. The molecule has 3 rings (SSSR count). The number of hydrogen-bond donors (Lipinski definition) is 1. The molecule has 3 heteroatoms. The summed E-state index contributed by atoms with van der Waals surface area (Å²) in [7, 11) is 0. The fraction of sp³-hybridized carbons (Fsp3) is 0.647. The van der Waals surface area contributed by atoms with Crippen LogP contribution in [0.4, 0.5) is 0 Å². The summed E-state index contributed by atoms with van der Waals surface area (Å²) < 4.78 is 5.83. The van der Waals surface area contributed by atoms with Crippen molar-refractivity contribution in [2.75, 3.05) is 39.3 Å². The van der Waals surface area contributed by atoms with Crippen LogP contribution in [0, 0.1) is 5.92 Å². The molecular formula is C17H26N2O. The van der Waals surface area contributed by atoms with Gasteiger partial charge in [0.2, 0.25) is 0 Å². The molecule has 1 aromatic carbocycles. The van der Waals surface area contributed by atoms with Crippen LogP contribution in [0.25, 0.3) is 0 Å². The maximum atomic E-state index is 5.83. The van der Waals surface area contributed by atoms with Crippen molar-refractivity contribution in [3.05, 3.63) is 29.8 Å². The molecule has 2 heterocycles. The quantitative estimate of drug-likeness (QED) is 0.834. The number of piperidine rings is 1. The summed E-state index contributed by atoms with van der Waals surface area (Å²) in [5.74, 6) is 1.70. The lowest BCUT2D eigenvalue weighted by molar-refractivity contribution is 0.207. The number of hydrogen-bond acceptors (Lipinski definition) is 3. The largest absolute Gasteiger partial charge is 0.493 e. The van der Waals surface area contributed by atoms with Crippen molar-refractivity contribution in [1.29, 1.82) is 0 Å². The maximum absolute atomic E-state index is 5.83. The highest BCUT2D eigenvalue weighted by Crippen LogP contribution is 2.26. The monoisotopic (exact) mass is 274 g/mol. The van der Waals surface area contributed by atoms with Gasteiger partial charge in [-0.05, 0) is 44.0 Å². The molecule has 110 valence electrons. The van der Waals surface area contributed by atoms with Crippen molar-refractivity contribution in [3.63, 3.8) is 0 Å². The van der Waals surface area contributed by atoms with Gasteiger partial charge >= 0.3 is 0 Å². The van der Waals surface area contributed by atoms with Gasteiger partial charge < -0.3 is 15.0 Å². The average molecular weight is 274 g/mol. The molecule has 2 aliphatic rings. The Bertz CT molecular complexity index is 415. The first-order chi connectivity index (χ1) is 9.92. The van der Waals surface area contributed by atoms with E-state index in [4.69, 9.17) is 4.74 Å². The molecule has 0 aliphatic carbocycles. The third-order valence-electron chi connectivity index (χ3n) is 4.44. The average Bonchev–Trinajstić information content (AvgIpc) is 2.52. The number of para-hydroxylation sites is 1. The summed E-state index contributed by atoms with van der Waals surface area (Å²) in [6.07, 6.45) is 5.33. The van der Waals surface area contributed by atoms with Crippen molar-refractivity contribution in [2.45, 2.75) is 25.7 Å². The van der Waals surface area contributed by atoms with Gasteiger partial charge in [0.25, 0.3) is 0 Å². The Morgan fingerprint density at radius 3 is 2.90 bits per heavy atom. The van der Waals surface area contributed by atoms with E-state index in [1.165, 1.54) is 44.5 Å². The van der Waals surface area contributed by atoms with Crippen molar-refractivity contribution >= 4 is 0 Å². The maximum Gasteiger partial charge on any atom is 0.122 e. The number of benzene rings is 1. The van der Waals surface area contributed by atoms with E-state index in [1.54, 1.807) is 0 Å². The van der Waals surface area contributed by atoms with Crippen molar-refractivity contribution in [2.24, 2.45) is 5.92 Å². The normalized spacial score (nSPS) is 23.1. The minimum atomic E-state index is 0.617. The first-order valence-electron chi connectivity index (χ1n) is 8.05. The van der Waals surface area contributed by atoms with Crippen molar-refractivity contribution in [1.82, 2.24) is 10.2 Å². The van der Waals surface area contributed by atoms with Crippen LogP contribution in [-0.4, -0.2) is 44.2 Å². The second-order valence-corrected chi connectivity index (χ2v) is 6.10. The smallest absolute Gasteiger partial charge is 0.122 e. The summed E-state index contributed by atoms with van der Waals surface area (Å²) >= 11 is 0. The lowest BCUT2D eigenvalue weighted by Gasteiger charge is -2.28. The van der Waals surface area contributed by atoms with Gasteiger partial charge in [0.05, 0.1) is 6.61 Å². The third kappa shape index (κ3) is 3.74. The van der Waals surface area contributed by atoms with Crippen LogP contribution in [0.3, 0.4) is 0 Å². The Balaban J connectivity index is 1.35. The minimum Gasteiger partial charge on any atom is -0.493 e. The van der Waals surface area contributed by atoms with Crippen LogP contribution < -0.4 is 10.1 Å². The molecule has 0 aromatic heterocycles. The number of nitrogens with zero attached hydrogens (tertiary/aromatic N) is 1. The molecule has 1 saturated heterocycles.